The monoisotopic (exact) mass is 429 g/mol. The molecule has 0 spiro atoms. The second-order valence-electron chi connectivity index (χ2n) is 4.81. The Hall–Kier alpha value is -0.0900. The number of nitrogens with two attached hydrogens (primary N) is 1. The predicted molar refractivity (Wildman–Crippen MR) is 90.1 cm³/mol. The quantitative estimate of drug-likeness (QED) is 0.721. The fourth-order valence-electron chi connectivity index (χ4n) is 2.16. The van der Waals surface area contributed by atoms with E-state index in [0.29, 0.717) is 36.3 Å². The minimum atomic E-state index is -3.55. The highest BCUT2D eigenvalue weighted by atomic mass is 127. The Morgan fingerprint density at radius 2 is 2.05 bits per heavy atom. The van der Waals surface area contributed by atoms with E-state index in [2.05, 4.69) is 27.3 Å². The lowest BCUT2D eigenvalue weighted by Gasteiger charge is -2.30. The molecule has 0 aromatic heterocycles. The third-order valence-corrected chi connectivity index (χ3v) is 5.92. The smallest absolute Gasteiger partial charge is 0.301 e. The molecule has 1 fully saturated rings. The minimum absolute atomic E-state index is 0.400. The van der Waals surface area contributed by atoms with Crippen LogP contribution in [0.25, 0.3) is 0 Å². The van der Waals surface area contributed by atoms with Gasteiger partial charge in [0.2, 0.25) is 0 Å². The molecule has 1 heterocycles. The van der Waals surface area contributed by atoms with E-state index >= 15 is 0 Å². The molecule has 1 saturated heterocycles. The van der Waals surface area contributed by atoms with Gasteiger partial charge in [0.1, 0.15) is 0 Å². The van der Waals surface area contributed by atoms with Crippen molar-refractivity contribution >= 4 is 50.1 Å². The number of hydrogen-bond acceptors (Lipinski definition) is 3. The third kappa shape index (κ3) is 3.97. The third-order valence-electron chi connectivity index (χ3n) is 3.42. The maximum Gasteiger partial charge on any atom is 0.301 e. The molecule has 8 heteroatoms. The number of piperidine rings is 1. The molecular formula is C12H17ClIN3O2S. The zero-order valence-corrected chi connectivity index (χ0v) is 14.6. The second-order valence-corrected chi connectivity index (χ2v) is 8.13. The summed E-state index contributed by atoms with van der Waals surface area (Å²) in [5.41, 5.74) is 6.02. The van der Waals surface area contributed by atoms with Crippen LogP contribution in [0.15, 0.2) is 18.2 Å². The van der Waals surface area contributed by atoms with E-state index < -0.39 is 10.2 Å². The number of hydrogen-bond donors (Lipinski definition) is 2. The van der Waals surface area contributed by atoms with Crippen LogP contribution < -0.4 is 10.5 Å². The van der Waals surface area contributed by atoms with E-state index in [1.807, 2.05) is 6.07 Å². The second kappa shape index (κ2) is 6.78. The summed E-state index contributed by atoms with van der Waals surface area (Å²) in [5.74, 6) is 0.420. The summed E-state index contributed by atoms with van der Waals surface area (Å²) in [5, 5.41) is 0.400. The lowest BCUT2D eigenvalue weighted by molar-refractivity contribution is 0.280. The lowest BCUT2D eigenvalue weighted by atomic mass is 9.99. The zero-order chi connectivity index (χ0) is 14.8. The van der Waals surface area contributed by atoms with Gasteiger partial charge in [0.25, 0.3) is 0 Å². The maximum atomic E-state index is 12.3. The normalized spacial score (nSPS) is 18.1. The molecule has 1 aliphatic heterocycles. The van der Waals surface area contributed by atoms with E-state index in [1.54, 1.807) is 12.1 Å². The van der Waals surface area contributed by atoms with Crippen LogP contribution in [0.5, 0.6) is 0 Å². The van der Waals surface area contributed by atoms with E-state index in [-0.39, 0.29) is 0 Å². The van der Waals surface area contributed by atoms with Crippen molar-refractivity contribution in [3.63, 3.8) is 0 Å². The van der Waals surface area contributed by atoms with Gasteiger partial charge in [-0.3, -0.25) is 4.72 Å². The van der Waals surface area contributed by atoms with Gasteiger partial charge < -0.3 is 5.73 Å². The molecule has 1 aliphatic rings. The Bertz CT molecular complexity index is 574. The molecular weight excluding hydrogens is 413 g/mol. The molecule has 20 heavy (non-hydrogen) atoms. The fourth-order valence-corrected chi connectivity index (χ4v) is 4.40. The summed E-state index contributed by atoms with van der Waals surface area (Å²) in [6.45, 7) is 1.61. The van der Waals surface area contributed by atoms with Crippen LogP contribution in [0.4, 0.5) is 5.69 Å². The average Bonchev–Trinajstić information content (AvgIpc) is 2.42. The van der Waals surface area contributed by atoms with Gasteiger partial charge in [0.15, 0.2) is 0 Å². The van der Waals surface area contributed by atoms with Crippen molar-refractivity contribution in [2.45, 2.75) is 12.8 Å². The van der Waals surface area contributed by atoms with Crippen molar-refractivity contribution in [1.29, 1.82) is 0 Å². The first-order chi connectivity index (χ1) is 9.42. The number of anilines is 1. The lowest BCUT2D eigenvalue weighted by Crippen LogP contribution is -2.42. The number of halogens is 2. The first kappa shape index (κ1) is 16.3. The van der Waals surface area contributed by atoms with Crippen LogP contribution >= 0.6 is 34.2 Å². The Labute approximate surface area is 138 Å². The van der Waals surface area contributed by atoms with E-state index in [0.717, 1.165) is 16.4 Å². The Morgan fingerprint density at radius 3 is 2.60 bits per heavy atom. The summed E-state index contributed by atoms with van der Waals surface area (Å²) in [6.07, 6.45) is 1.61. The minimum Gasteiger partial charge on any atom is -0.330 e. The number of benzene rings is 1. The van der Waals surface area contributed by atoms with Crippen LogP contribution in [-0.2, 0) is 10.2 Å². The molecule has 0 bridgehead atoms. The molecule has 0 amide bonds. The molecule has 1 aromatic rings. The summed E-state index contributed by atoms with van der Waals surface area (Å²) >= 11 is 8.18. The van der Waals surface area contributed by atoms with Gasteiger partial charge in [-0.05, 0) is 66.1 Å². The van der Waals surface area contributed by atoms with Gasteiger partial charge in [-0.15, -0.1) is 0 Å². The Balaban J connectivity index is 2.08. The summed E-state index contributed by atoms with van der Waals surface area (Å²) in [7, 11) is -3.55. The standard InChI is InChI=1S/C12H17ClIN3O2S/c13-11-7-10(14)1-2-12(11)16-20(18,19)17-5-3-9(8-15)4-6-17/h1-2,7,9,16H,3-6,8,15H2. The molecule has 0 atom stereocenters. The average molecular weight is 430 g/mol. The van der Waals surface area contributed by atoms with E-state index in [1.165, 1.54) is 4.31 Å². The van der Waals surface area contributed by atoms with E-state index in [4.69, 9.17) is 17.3 Å². The molecule has 5 nitrogen and oxygen atoms in total. The van der Waals surface area contributed by atoms with Crippen LogP contribution in [0.1, 0.15) is 12.8 Å². The summed E-state index contributed by atoms with van der Waals surface area (Å²) in [4.78, 5) is 0. The number of nitrogens with one attached hydrogen (secondary N) is 1. The van der Waals surface area contributed by atoms with Gasteiger partial charge in [-0.2, -0.15) is 12.7 Å². The molecule has 112 valence electrons. The molecule has 0 saturated carbocycles. The zero-order valence-electron chi connectivity index (χ0n) is 10.9. The highest BCUT2D eigenvalue weighted by Gasteiger charge is 2.27. The summed E-state index contributed by atoms with van der Waals surface area (Å²) < 4.78 is 29.6. The van der Waals surface area contributed by atoms with Crippen LogP contribution in [-0.4, -0.2) is 32.4 Å². The van der Waals surface area contributed by atoms with Gasteiger partial charge >= 0.3 is 10.2 Å². The topological polar surface area (TPSA) is 75.4 Å². The highest BCUT2D eigenvalue weighted by molar-refractivity contribution is 14.1. The molecule has 2 rings (SSSR count). The maximum absolute atomic E-state index is 12.3. The molecule has 3 N–H and O–H groups in total. The summed E-state index contributed by atoms with van der Waals surface area (Å²) in [6, 6.07) is 5.21. The number of rotatable bonds is 4. The highest BCUT2D eigenvalue weighted by Crippen LogP contribution is 2.26. The Morgan fingerprint density at radius 1 is 1.40 bits per heavy atom. The largest absolute Gasteiger partial charge is 0.330 e. The van der Waals surface area contributed by atoms with Crippen molar-refractivity contribution in [3.8, 4) is 0 Å². The van der Waals surface area contributed by atoms with Crippen molar-refractivity contribution in [2.24, 2.45) is 11.7 Å². The fraction of sp³-hybridized carbons (Fsp3) is 0.500. The van der Waals surface area contributed by atoms with Crippen LogP contribution in [0.3, 0.4) is 0 Å². The van der Waals surface area contributed by atoms with Crippen LogP contribution in [0.2, 0.25) is 5.02 Å². The van der Waals surface area contributed by atoms with Crippen molar-refractivity contribution < 1.29 is 8.42 Å². The molecule has 0 unspecified atom stereocenters. The SMILES string of the molecule is NCC1CCN(S(=O)(=O)Nc2ccc(I)cc2Cl)CC1. The first-order valence-corrected chi connectivity index (χ1v) is 9.25. The molecule has 0 aliphatic carbocycles. The first-order valence-electron chi connectivity index (χ1n) is 6.35. The molecule has 1 aromatic carbocycles. The van der Waals surface area contributed by atoms with Gasteiger partial charge in [-0.25, -0.2) is 0 Å². The van der Waals surface area contributed by atoms with Gasteiger partial charge in [-0.1, -0.05) is 11.6 Å². The van der Waals surface area contributed by atoms with Crippen molar-refractivity contribution in [3.05, 3.63) is 26.8 Å². The molecule has 0 radical (unpaired) electrons. The van der Waals surface area contributed by atoms with Crippen LogP contribution in [0, 0.1) is 9.49 Å². The number of nitrogens with zero attached hydrogens (tertiary/aromatic N) is 1. The van der Waals surface area contributed by atoms with Crippen molar-refractivity contribution in [1.82, 2.24) is 4.31 Å². The van der Waals surface area contributed by atoms with Gasteiger partial charge in [0, 0.05) is 16.7 Å². The van der Waals surface area contributed by atoms with Gasteiger partial charge in [0.05, 0.1) is 10.7 Å². The Kier molecular flexibility index (Phi) is 5.52. The van der Waals surface area contributed by atoms with Crippen molar-refractivity contribution in [2.75, 3.05) is 24.4 Å². The predicted octanol–water partition coefficient (Wildman–Crippen LogP) is 2.27. The van der Waals surface area contributed by atoms with E-state index in [9.17, 15) is 8.42 Å².